The number of anilines is 1. The smallest absolute Gasteiger partial charge is 0.313 e. The molecule has 2 fully saturated rings. The maximum Gasteiger partial charge on any atom is 0.313 e. The number of hydrogen-bond acceptors (Lipinski definition) is 3. The van der Waals surface area contributed by atoms with E-state index in [0.717, 1.165) is 12.8 Å². The third-order valence-corrected chi connectivity index (χ3v) is 6.04. The van der Waals surface area contributed by atoms with Crippen LogP contribution in [-0.2, 0) is 9.59 Å². The van der Waals surface area contributed by atoms with Crippen LogP contribution in [0.3, 0.4) is 0 Å². The van der Waals surface area contributed by atoms with Crippen LogP contribution in [0.1, 0.15) is 44.9 Å². The maximum absolute atomic E-state index is 12.4. The van der Waals surface area contributed by atoms with Gasteiger partial charge in [0.25, 0.3) is 0 Å². The molecule has 1 heterocycles. The van der Waals surface area contributed by atoms with Crippen LogP contribution >= 0.6 is 11.6 Å². The fourth-order valence-corrected chi connectivity index (χ4v) is 4.49. The van der Waals surface area contributed by atoms with E-state index in [1.165, 1.54) is 19.3 Å². The number of hydrogen-bond donors (Lipinski definition) is 4. The molecule has 1 saturated carbocycles. The van der Waals surface area contributed by atoms with Crippen LogP contribution in [-0.4, -0.2) is 41.3 Å². The molecular weight excluding hydrogens is 378 g/mol. The van der Waals surface area contributed by atoms with Crippen molar-refractivity contribution in [3.63, 3.8) is 0 Å². The maximum atomic E-state index is 12.4. The number of nitrogens with one attached hydrogen (secondary N) is 3. The summed E-state index contributed by atoms with van der Waals surface area (Å²) in [6.07, 6.45) is 7.31. The van der Waals surface area contributed by atoms with Gasteiger partial charge in [0, 0.05) is 29.3 Å². The molecule has 1 saturated heterocycles. The molecule has 0 radical (unpaired) electrons. The Morgan fingerprint density at radius 1 is 1.07 bits per heavy atom. The first-order chi connectivity index (χ1) is 13.4. The predicted octanol–water partition coefficient (Wildman–Crippen LogP) is 2.70. The zero-order valence-electron chi connectivity index (χ0n) is 15.9. The molecule has 3 rings (SSSR count). The highest BCUT2D eigenvalue weighted by Crippen LogP contribution is 2.33. The minimum atomic E-state index is -0.689. The summed E-state index contributed by atoms with van der Waals surface area (Å²) in [6.45, 7) is 0.625. The van der Waals surface area contributed by atoms with Crippen LogP contribution in [0, 0.1) is 11.3 Å². The summed E-state index contributed by atoms with van der Waals surface area (Å²) in [5.74, 6) is -0.745. The highest BCUT2D eigenvalue weighted by molar-refractivity contribution is 6.39. The van der Waals surface area contributed by atoms with E-state index < -0.39 is 11.8 Å². The number of halogens is 1. The monoisotopic (exact) mass is 405 g/mol. The van der Waals surface area contributed by atoms with Gasteiger partial charge in [0.05, 0.1) is 0 Å². The molecule has 28 heavy (non-hydrogen) atoms. The third-order valence-electron chi connectivity index (χ3n) is 5.79. The van der Waals surface area contributed by atoms with E-state index in [2.05, 4.69) is 10.6 Å². The molecule has 2 aliphatic rings. The van der Waals surface area contributed by atoms with Gasteiger partial charge < -0.3 is 21.3 Å². The summed E-state index contributed by atoms with van der Waals surface area (Å²) < 4.78 is 0. The molecule has 0 spiro atoms. The van der Waals surface area contributed by atoms with Gasteiger partial charge in [-0.05, 0) is 55.9 Å². The van der Waals surface area contributed by atoms with E-state index in [4.69, 9.17) is 22.7 Å². The van der Waals surface area contributed by atoms with E-state index in [-0.39, 0.29) is 18.0 Å². The van der Waals surface area contributed by atoms with Crippen LogP contribution in [0.15, 0.2) is 24.3 Å². The number of benzene rings is 1. The first-order valence-electron chi connectivity index (χ1n) is 9.92. The second kappa shape index (κ2) is 9.28. The fourth-order valence-electron chi connectivity index (χ4n) is 4.37. The largest absolute Gasteiger partial charge is 0.370 e. The number of nitrogens with zero attached hydrogens (tertiary/aromatic N) is 1. The Bertz CT molecular complexity index is 718. The molecule has 2 amide bonds. The lowest BCUT2D eigenvalue weighted by atomic mass is 9.79. The zero-order chi connectivity index (χ0) is 20.1. The topological polar surface area (TPSA) is 111 Å². The summed E-state index contributed by atoms with van der Waals surface area (Å²) in [6, 6.07) is 6.67. The van der Waals surface area contributed by atoms with Crippen molar-refractivity contribution in [3.05, 3.63) is 29.3 Å². The Balaban J connectivity index is 1.58. The number of amides is 2. The van der Waals surface area contributed by atoms with Gasteiger partial charge in [-0.25, -0.2) is 0 Å². The van der Waals surface area contributed by atoms with Gasteiger partial charge in [-0.1, -0.05) is 30.9 Å². The predicted molar refractivity (Wildman–Crippen MR) is 110 cm³/mol. The van der Waals surface area contributed by atoms with Crippen LogP contribution < -0.4 is 16.4 Å². The van der Waals surface area contributed by atoms with Crippen molar-refractivity contribution in [1.82, 2.24) is 10.2 Å². The Morgan fingerprint density at radius 2 is 1.75 bits per heavy atom. The van der Waals surface area contributed by atoms with Crippen molar-refractivity contribution in [2.75, 3.05) is 11.9 Å². The molecule has 0 aromatic heterocycles. The minimum absolute atomic E-state index is 0.0917. The number of carbonyl (C=O) groups is 2. The lowest BCUT2D eigenvalue weighted by molar-refractivity contribution is -0.136. The van der Waals surface area contributed by atoms with Crippen molar-refractivity contribution in [2.45, 2.75) is 57.0 Å². The molecule has 1 aromatic rings. The molecule has 1 aromatic carbocycles. The van der Waals surface area contributed by atoms with Gasteiger partial charge in [0.1, 0.15) is 0 Å². The summed E-state index contributed by atoms with van der Waals surface area (Å²) in [7, 11) is 0. The van der Waals surface area contributed by atoms with E-state index in [0.29, 0.717) is 36.0 Å². The third kappa shape index (κ3) is 5.16. The standard InChI is InChI=1S/C20H28ClN5O2/c21-14-6-8-15(9-7-14)24-18(27)19(28)25-16-10-11-26(20(22)23)17(12-16)13-4-2-1-3-5-13/h6-9,13,16-17H,1-5,10-12H2,(H3,22,23)(H,24,27)(H,25,28). The van der Waals surface area contributed by atoms with Crippen LogP contribution in [0.5, 0.6) is 0 Å². The van der Waals surface area contributed by atoms with Crippen molar-refractivity contribution >= 4 is 35.1 Å². The molecule has 2 unspecified atom stereocenters. The number of nitrogens with two attached hydrogens (primary N) is 1. The highest BCUT2D eigenvalue weighted by Gasteiger charge is 2.36. The number of carbonyl (C=O) groups excluding carboxylic acids is 2. The molecule has 1 aliphatic carbocycles. The Morgan fingerprint density at radius 3 is 2.39 bits per heavy atom. The van der Waals surface area contributed by atoms with E-state index in [1.54, 1.807) is 24.3 Å². The van der Waals surface area contributed by atoms with Crippen molar-refractivity contribution in [3.8, 4) is 0 Å². The molecule has 0 bridgehead atoms. The fraction of sp³-hybridized carbons (Fsp3) is 0.550. The first kappa shape index (κ1) is 20.5. The summed E-state index contributed by atoms with van der Waals surface area (Å²) >= 11 is 5.83. The number of rotatable bonds is 3. The van der Waals surface area contributed by atoms with Crippen molar-refractivity contribution in [2.24, 2.45) is 11.7 Å². The summed E-state index contributed by atoms with van der Waals surface area (Å²) in [5.41, 5.74) is 6.33. The highest BCUT2D eigenvalue weighted by atomic mass is 35.5. The molecule has 2 atom stereocenters. The SMILES string of the molecule is N=C(N)N1CCC(NC(=O)C(=O)Nc2ccc(Cl)cc2)CC1C1CCCCC1. The Labute approximate surface area is 170 Å². The lowest BCUT2D eigenvalue weighted by Crippen LogP contribution is -2.57. The van der Waals surface area contributed by atoms with Gasteiger partial charge in [-0.2, -0.15) is 0 Å². The first-order valence-corrected chi connectivity index (χ1v) is 10.3. The molecule has 7 nitrogen and oxygen atoms in total. The minimum Gasteiger partial charge on any atom is -0.370 e. The van der Waals surface area contributed by atoms with Crippen LogP contribution in [0.2, 0.25) is 5.02 Å². The second-order valence-electron chi connectivity index (χ2n) is 7.70. The van der Waals surface area contributed by atoms with E-state index in [9.17, 15) is 9.59 Å². The second-order valence-corrected chi connectivity index (χ2v) is 8.14. The summed E-state index contributed by atoms with van der Waals surface area (Å²) in [4.78, 5) is 26.5. The number of guanidine groups is 1. The van der Waals surface area contributed by atoms with E-state index >= 15 is 0 Å². The Hall–Kier alpha value is -2.28. The summed E-state index contributed by atoms with van der Waals surface area (Å²) in [5, 5.41) is 13.9. The molecule has 8 heteroatoms. The number of piperidine rings is 1. The average molecular weight is 406 g/mol. The van der Waals surface area contributed by atoms with Gasteiger partial charge in [-0.15, -0.1) is 0 Å². The molecular formula is C20H28ClN5O2. The van der Waals surface area contributed by atoms with Crippen molar-refractivity contribution in [1.29, 1.82) is 5.41 Å². The van der Waals surface area contributed by atoms with E-state index in [1.807, 2.05) is 4.90 Å². The number of likely N-dealkylation sites (tertiary alicyclic amines) is 1. The molecule has 152 valence electrons. The van der Waals surface area contributed by atoms with Crippen LogP contribution in [0.4, 0.5) is 5.69 Å². The van der Waals surface area contributed by atoms with Gasteiger partial charge in [-0.3, -0.25) is 15.0 Å². The normalized spacial score (nSPS) is 23.1. The molecule has 1 aliphatic heterocycles. The van der Waals surface area contributed by atoms with Crippen LogP contribution in [0.25, 0.3) is 0 Å². The quantitative estimate of drug-likeness (QED) is 0.352. The zero-order valence-corrected chi connectivity index (χ0v) is 16.7. The van der Waals surface area contributed by atoms with Gasteiger partial charge in [0.15, 0.2) is 5.96 Å². The average Bonchev–Trinajstić information content (AvgIpc) is 2.70. The lowest BCUT2D eigenvalue weighted by Gasteiger charge is -2.44. The Kier molecular flexibility index (Phi) is 6.78. The van der Waals surface area contributed by atoms with Crippen molar-refractivity contribution < 1.29 is 9.59 Å². The molecule has 5 N–H and O–H groups in total. The van der Waals surface area contributed by atoms with Gasteiger partial charge in [0.2, 0.25) is 0 Å². The van der Waals surface area contributed by atoms with Gasteiger partial charge >= 0.3 is 11.8 Å².